The Kier molecular flexibility index (Phi) is 1.84. The molecule has 8 heavy (non-hydrogen) atoms. The molecule has 2 nitrogen and oxygen atoms in total. The molecule has 0 radical (unpaired) electrons. The molecule has 1 N–H and O–H groups in total. The van der Waals surface area contributed by atoms with E-state index in [1.165, 1.54) is 0 Å². The fourth-order valence-electron chi connectivity index (χ4n) is 0.677. The summed E-state index contributed by atoms with van der Waals surface area (Å²) in [6.07, 6.45) is 0.884. The van der Waals surface area contributed by atoms with Crippen LogP contribution in [0.2, 0.25) is 5.21 Å². The van der Waals surface area contributed by atoms with Gasteiger partial charge in [-0.25, -0.2) is 0 Å². The zero-order valence-corrected chi connectivity index (χ0v) is 6.25. The molecule has 1 rings (SSSR count). The van der Waals surface area contributed by atoms with Crippen molar-refractivity contribution in [3.63, 3.8) is 0 Å². The van der Waals surface area contributed by atoms with E-state index in [0.717, 1.165) is 11.6 Å². The molecule has 1 atom stereocenters. The van der Waals surface area contributed by atoms with E-state index in [4.69, 9.17) is 5.11 Å². The number of hydrogen-bond acceptors (Lipinski definition) is 1. The van der Waals surface area contributed by atoms with Crippen molar-refractivity contribution in [1.29, 1.82) is 0 Å². The van der Waals surface area contributed by atoms with Gasteiger partial charge in [0.05, 0.1) is 0 Å². The molecular weight excluding hydrogens is 167 g/mol. The van der Waals surface area contributed by atoms with E-state index in [1.807, 2.05) is 4.81 Å². The minimum atomic E-state index is -0.641. The average Bonchev–Trinajstić information content (AvgIpc) is 2.12. The molecule has 0 aromatic heterocycles. The van der Waals surface area contributed by atoms with Gasteiger partial charge in [-0.15, -0.1) is 0 Å². The van der Waals surface area contributed by atoms with Gasteiger partial charge >= 0.3 is 53.5 Å². The van der Waals surface area contributed by atoms with Gasteiger partial charge in [-0.05, 0) is 0 Å². The van der Waals surface area contributed by atoms with Crippen molar-refractivity contribution in [1.82, 2.24) is 0 Å². The summed E-state index contributed by atoms with van der Waals surface area (Å²) in [7, 11) is 0. The van der Waals surface area contributed by atoms with E-state index >= 15 is 0 Å². The standard InChI is InChI=1S/C5H7AsO2/c7-5(8)4-1-2-6-3-4/h3-4H,1-2H2,(H,7,8). The summed E-state index contributed by atoms with van der Waals surface area (Å²) >= 11 is 0.284. The number of rotatable bonds is 1. The molecule has 0 saturated heterocycles. The van der Waals surface area contributed by atoms with E-state index < -0.39 is 5.97 Å². The van der Waals surface area contributed by atoms with E-state index in [-0.39, 0.29) is 21.2 Å². The van der Waals surface area contributed by atoms with Gasteiger partial charge in [-0.3, -0.25) is 0 Å². The van der Waals surface area contributed by atoms with Crippen LogP contribution in [0.4, 0.5) is 0 Å². The number of carboxylic acids is 1. The van der Waals surface area contributed by atoms with E-state index in [0.29, 0.717) is 0 Å². The molecule has 0 fully saturated rings. The van der Waals surface area contributed by atoms with Gasteiger partial charge in [-0.2, -0.15) is 0 Å². The predicted molar refractivity (Wildman–Crippen MR) is 32.4 cm³/mol. The molecule has 1 aliphatic rings. The summed E-state index contributed by atoms with van der Waals surface area (Å²) in [5.74, 6) is -0.743. The van der Waals surface area contributed by atoms with E-state index in [2.05, 4.69) is 0 Å². The fourth-order valence-corrected chi connectivity index (χ4v) is 3.00. The molecular formula is C5H7AsO2. The van der Waals surface area contributed by atoms with Gasteiger partial charge in [0.25, 0.3) is 0 Å². The van der Waals surface area contributed by atoms with Gasteiger partial charge < -0.3 is 0 Å². The summed E-state index contributed by atoms with van der Waals surface area (Å²) in [5.41, 5.74) is 0. The fraction of sp³-hybridized carbons (Fsp3) is 0.600. The Labute approximate surface area is 54.1 Å². The second kappa shape index (κ2) is 2.45. The Morgan fingerprint density at radius 1 is 1.88 bits per heavy atom. The molecule has 1 heterocycles. The summed E-state index contributed by atoms with van der Waals surface area (Å²) in [4.78, 5) is 12.2. The Morgan fingerprint density at radius 3 is 2.88 bits per heavy atom. The van der Waals surface area contributed by atoms with Crippen LogP contribution in [-0.4, -0.2) is 31.2 Å². The van der Waals surface area contributed by atoms with Gasteiger partial charge in [0, 0.05) is 0 Å². The van der Waals surface area contributed by atoms with Crippen molar-refractivity contribution in [2.24, 2.45) is 5.92 Å². The zero-order chi connectivity index (χ0) is 5.98. The Balaban J connectivity index is 2.48. The minimum absolute atomic E-state index is 0.102. The Morgan fingerprint density at radius 2 is 2.62 bits per heavy atom. The van der Waals surface area contributed by atoms with Crippen LogP contribution in [0.1, 0.15) is 6.42 Å². The third-order valence-corrected chi connectivity index (χ3v) is 3.45. The van der Waals surface area contributed by atoms with Gasteiger partial charge in [0.15, 0.2) is 0 Å². The van der Waals surface area contributed by atoms with Crippen molar-refractivity contribution in [3.8, 4) is 0 Å². The third-order valence-electron chi connectivity index (χ3n) is 1.17. The van der Waals surface area contributed by atoms with Crippen LogP contribution in [0, 0.1) is 5.92 Å². The second-order valence-electron chi connectivity index (χ2n) is 1.79. The van der Waals surface area contributed by atoms with Gasteiger partial charge in [0.2, 0.25) is 0 Å². The van der Waals surface area contributed by atoms with Crippen molar-refractivity contribution >= 4 is 26.1 Å². The van der Waals surface area contributed by atoms with Crippen LogP contribution in [0.3, 0.4) is 0 Å². The van der Waals surface area contributed by atoms with Crippen LogP contribution in [0.5, 0.6) is 0 Å². The molecule has 0 bridgehead atoms. The molecule has 3 heteroatoms. The number of carbonyl (C=O) groups is 1. The molecule has 0 saturated carbocycles. The van der Waals surface area contributed by atoms with Crippen molar-refractivity contribution in [3.05, 3.63) is 0 Å². The van der Waals surface area contributed by atoms with Crippen LogP contribution in [0.15, 0.2) is 0 Å². The summed E-state index contributed by atoms with van der Waals surface area (Å²) in [6, 6.07) is 0. The first kappa shape index (κ1) is 6.03. The topological polar surface area (TPSA) is 37.3 Å². The molecule has 1 unspecified atom stereocenters. The summed E-state index contributed by atoms with van der Waals surface area (Å²) in [5, 5.41) is 9.54. The second-order valence-corrected chi connectivity index (χ2v) is 4.12. The van der Waals surface area contributed by atoms with Crippen molar-refractivity contribution < 1.29 is 9.90 Å². The van der Waals surface area contributed by atoms with Gasteiger partial charge in [0.1, 0.15) is 0 Å². The normalized spacial score (nSPS) is 28.2. The first-order chi connectivity index (χ1) is 3.80. The average molecular weight is 174 g/mol. The number of hydrogen-bond donors (Lipinski definition) is 1. The first-order valence-corrected chi connectivity index (χ1v) is 4.94. The summed E-state index contributed by atoms with van der Waals surface area (Å²) in [6.45, 7) is 0. The molecule has 0 amide bonds. The summed E-state index contributed by atoms with van der Waals surface area (Å²) < 4.78 is 0. The van der Waals surface area contributed by atoms with Crippen LogP contribution >= 0.6 is 0 Å². The number of carboxylic acid groups (broad SMARTS) is 1. The third kappa shape index (κ3) is 1.19. The molecule has 1 aliphatic heterocycles. The maximum atomic E-state index is 10.2. The quantitative estimate of drug-likeness (QED) is 0.568. The van der Waals surface area contributed by atoms with Crippen molar-refractivity contribution in [2.45, 2.75) is 11.6 Å². The van der Waals surface area contributed by atoms with Crippen LogP contribution in [-0.2, 0) is 4.79 Å². The monoisotopic (exact) mass is 174 g/mol. The Bertz CT molecular complexity index is 130. The molecule has 44 valence electrons. The van der Waals surface area contributed by atoms with Crippen molar-refractivity contribution in [2.75, 3.05) is 0 Å². The zero-order valence-electron chi connectivity index (χ0n) is 4.37. The molecule has 0 spiro atoms. The van der Waals surface area contributed by atoms with Crippen LogP contribution < -0.4 is 0 Å². The molecule has 0 aliphatic carbocycles. The van der Waals surface area contributed by atoms with E-state index in [9.17, 15) is 4.79 Å². The molecule has 0 aromatic rings. The first-order valence-electron chi connectivity index (χ1n) is 2.53. The maximum absolute atomic E-state index is 10.2. The Hall–Kier alpha value is -0.102. The number of aliphatic carboxylic acids is 1. The SMILES string of the molecule is O=C(O)C1C=[As]CC1. The van der Waals surface area contributed by atoms with Crippen LogP contribution in [0.25, 0.3) is 0 Å². The predicted octanol–water partition coefficient (Wildman–Crippen LogP) is 0.0156. The molecule has 0 aromatic carbocycles. The van der Waals surface area contributed by atoms with E-state index in [1.54, 1.807) is 0 Å². The van der Waals surface area contributed by atoms with Gasteiger partial charge in [-0.1, -0.05) is 0 Å².